The third kappa shape index (κ3) is 5.80. The molecule has 0 bridgehead atoms. The highest BCUT2D eigenvalue weighted by Gasteiger charge is 2.11. The maximum absolute atomic E-state index is 11.7. The van der Waals surface area contributed by atoms with E-state index in [1.807, 2.05) is 0 Å². The molecule has 7 nitrogen and oxygen atoms in total. The Morgan fingerprint density at radius 1 is 1.19 bits per heavy atom. The fourth-order valence-corrected chi connectivity index (χ4v) is 1.55. The molecule has 0 saturated carbocycles. The summed E-state index contributed by atoms with van der Waals surface area (Å²) in [6.07, 6.45) is 0.188. The first kappa shape index (κ1) is 16.9. The van der Waals surface area contributed by atoms with E-state index in [2.05, 4.69) is 5.32 Å². The number of ether oxygens (including phenoxy) is 3. The van der Waals surface area contributed by atoms with Gasteiger partial charge in [-0.05, 0) is 18.2 Å². The zero-order chi connectivity index (χ0) is 15.7. The number of methoxy groups -OCH3 is 2. The minimum atomic E-state index is -1.06. The number of carbonyl (C=O) groups is 2. The average Bonchev–Trinajstić information content (AvgIpc) is 2.47. The number of amides is 1. The summed E-state index contributed by atoms with van der Waals surface area (Å²) in [6.45, 7) is 1.19. The van der Waals surface area contributed by atoms with Crippen molar-refractivity contribution in [1.29, 1.82) is 0 Å². The fraction of sp³-hybridized carbons (Fsp3) is 0.429. The molecule has 0 fully saturated rings. The highest BCUT2D eigenvalue weighted by molar-refractivity contribution is 5.94. The molecule has 0 aliphatic rings. The van der Waals surface area contributed by atoms with E-state index < -0.39 is 5.97 Å². The van der Waals surface area contributed by atoms with Gasteiger partial charge in [0.05, 0.1) is 44.6 Å². The summed E-state index contributed by atoms with van der Waals surface area (Å²) < 4.78 is 15.1. The van der Waals surface area contributed by atoms with Crippen LogP contribution < -0.4 is 10.1 Å². The Kier molecular flexibility index (Phi) is 7.20. The molecule has 7 heteroatoms. The van der Waals surface area contributed by atoms with Gasteiger partial charge in [0.25, 0.3) is 0 Å². The Hall–Kier alpha value is -2.12. The van der Waals surface area contributed by atoms with Gasteiger partial charge in [0.2, 0.25) is 5.91 Å². The lowest BCUT2D eigenvalue weighted by Crippen LogP contribution is -2.16. The molecule has 1 aromatic carbocycles. The van der Waals surface area contributed by atoms with Crippen molar-refractivity contribution in [2.24, 2.45) is 0 Å². The van der Waals surface area contributed by atoms with Gasteiger partial charge >= 0.3 is 5.97 Å². The zero-order valence-electron chi connectivity index (χ0n) is 12.0. The quantitative estimate of drug-likeness (QED) is 0.669. The molecule has 0 radical (unpaired) electrons. The molecule has 0 atom stereocenters. The van der Waals surface area contributed by atoms with Crippen LogP contribution in [0, 0.1) is 0 Å². The highest BCUT2D eigenvalue weighted by Crippen LogP contribution is 2.25. The van der Waals surface area contributed by atoms with E-state index in [0.717, 1.165) is 0 Å². The zero-order valence-corrected chi connectivity index (χ0v) is 12.0. The van der Waals surface area contributed by atoms with Crippen molar-refractivity contribution in [3.63, 3.8) is 0 Å². The number of anilines is 1. The van der Waals surface area contributed by atoms with Crippen LogP contribution in [0.3, 0.4) is 0 Å². The largest absolute Gasteiger partial charge is 0.495 e. The van der Waals surface area contributed by atoms with Crippen LogP contribution in [0.15, 0.2) is 18.2 Å². The van der Waals surface area contributed by atoms with Crippen LogP contribution in [0.25, 0.3) is 0 Å². The van der Waals surface area contributed by atoms with Crippen LogP contribution in [0.2, 0.25) is 0 Å². The topological polar surface area (TPSA) is 94.1 Å². The number of carboxylic acid groups (broad SMARTS) is 1. The van der Waals surface area contributed by atoms with Crippen molar-refractivity contribution in [1.82, 2.24) is 0 Å². The first-order chi connectivity index (χ1) is 10.1. The predicted octanol–water partition coefficient (Wildman–Crippen LogP) is 1.38. The molecule has 1 amide bonds. The number of carboxylic acids is 1. The van der Waals surface area contributed by atoms with Crippen LogP contribution in [0.4, 0.5) is 5.69 Å². The van der Waals surface area contributed by atoms with Gasteiger partial charge in [0, 0.05) is 7.11 Å². The summed E-state index contributed by atoms with van der Waals surface area (Å²) in [5.41, 5.74) is 0.511. The molecule has 21 heavy (non-hydrogen) atoms. The number of hydrogen-bond acceptors (Lipinski definition) is 5. The Balaban J connectivity index is 2.53. The number of aromatic carboxylic acids is 1. The molecule has 0 spiro atoms. The number of rotatable bonds is 9. The minimum absolute atomic E-state index is 0.0905. The maximum atomic E-state index is 11.7. The molecule has 2 N–H and O–H groups in total. The third-order valence-electron chi connectivity index (χ3n) is 2.63. The van der Waals surface area contributed by atoms with Gasteiger partial charge in [0.1, 0.15) is 5.75 Å². The summed E-state index contributed by atoms with van der Waals surface area (Å²) in [4.78, 5) is 22.6. The van der Waals surface area contributed by atoms with Gasteiger partial charge in [0.15, 0.2) is 0 Å². The summed E-state index contributed by atoms with van der Waals surface area (Å²) in [6, 6.07) is 4.24. The SMILES string of the molecule is COCCOCCC(=O)Nc1ccc(C(=O)O)cc1OC. The molecule has 0 aliphatic carbocycles. The van der Waals surface area contributed by atoms with Gasteiger partial charge in [-0.3, -0.25) is 4.79 Å². The smallest absolute Gasteiger partial charge is 0.335 e. The van der Waals surface area contributed by atoms with Gasteiger partial charge in [-0.15, -0.1) is 0 Å². The highest BCUT2D eigenvalue weighted by atomic mass is 16.5. The summed E-state index contributed by atoms with van der Waals surface area (Å²) in [7, 11) is 2.98. The second-order valence-corrected chi connectivity index (χ2v) is 4.12. The van der Waals surface area contributed by atoms with Crippen LogP contribution >= 0.6 is 0 Å². The lowest BCUT2D eigenvalue weighted by molar-refractivity contribution is -0.117. The van der Waals surface area contributed by atoms with Crippen LogP contribution in [-0.4, -0.2) is 51.0 Å². The van der Waals surface area contributed by atoms with Crippen molar-refractivity contribution in [2.75, 3.05) is 39.4 Å². The first-order valence-corrected chi connectivity index (χ1v) is 6.36. The molecular weight excluding hydrogens is 278 g/mol. The van der Waals surface area contributed by atoms with E-state index in [-0.39, 0.29) is 24.5 Å². The summed E-state index contributed by atoms with van der Waals surface area (Å²) in [5.74, 6) is -1.00. The number of benzene rings is 1. The first-order valence-electron chi connectivity index (χ1n) is 6.36. The average molecular weight is 297 g/mol. The Bertz CT molecular complexity index is 488. The Labute approximate surface area is 122 Å². The van der Waals surface area contributed by atoms with Crippen molar-refractivity contribution >= 4 is 17.6 Å². The van der Waals surface area contributed by atoms with E-state index in [0.29, 0.717) is 24.7 Å². The number of hydrogen-bond donors (Lipinski definition) is 2. The monoisotopic (exact) mass is 297 g/mol. The van der Waals surface area contributed by atoms with Crippen LogP contribution in [0.1, 0.15) is 16.8 Å². The molecule has 1 aromatic rings. The molecule has 0 aromatic heterocycles. The predicted molar refractivity (Wildman–Crippen MR) is 75.9 cm³/mol. The molecule has 116 valence electrons. The molecule has 1 rings (SSSR count). The van der Waals surface area contributed by atoms with E-state index in [4.69, 9.17) is 19.3 Å². The van der Waals surface area contributed by atoms with Crippen molar-refractivity contribution < 1.29 is 28.9 Å². The Morgan fingerprint density at radius 2 is 1.95 bits per heavy atom. The fourth-order valence-electron chi connectivity index (χ4n) is 1.55. The molecular formula is C14H19NO6. The second-order valence-electron chi connectivity index (χ2n) is 4.12. The molecule has 0 aliphatic heterocycles. The van der Waals surface area contributed by atoms with Crippen molar-refractivity contribution in [2.45, 2.75) is 6.42 Å². The van der Waals surface area contributed by atoms with Gasteiger partial charge < -0.3 is 24.6 Å². The van der Waals surface area contributed by atoms with E-state index >= 15 is 0 Å². The Morgan fingerprint density at radius 3 is 2.57 bits per heavy atom. The standard InChI is InChI=1S/C14H19NO6/c1-19-7-8-21-6-5-13(16)15-11-4-3-10(14(17)18)9-12(11)20-2/h3-4,9H,5-8H2,1-2H3,(H,15,16)(H,17,18). The van der Waals surface area contributed by atoms with Gasteiger partial charge in [-0.2, -0.15) is 0 Å². The van der Waals surface area contributed by atoms with Crippen LogP contribution in [-0.2, 0) is 14.3 Å². The normalized spacial score (nSPS) is 10.2. The number of nitrogens with one attached hydrogen (secondary N) is 1. The van der Waals surface area contributed by atoms with Crippen molar-refractivity contribution in [3.05, 3.63) is 23.8 Å². The third-order valence-corrected chi connectivity index (χ3v) is 2.63. The minimum Gasteiger partial charge on any atom is -0.495 e. The summed E-state index contributed by atoms with van der Waals surface area (Å²) in [5, 5.41) is 11.5. The summed E-state index contributed by atoms with van der Waals surface area (Å²) >= 11 is 0. The van der Waals surface area contributed by atoms with E-state index in [1.54, 1.807) is 7.11 Å². The molecule has 0 unspecified atom stereocenters. The van der Waals surface area contributed by atoms with Crippen LogP contribution in [0.5, 0.6) is 5.75 Å². The van der Waals surface area contributed by atoms with Gasteiger partial charge in [-0.1, -0.05) is 0 Å². The lowest BCUT2D eigenvalue weighted by atomic mass is 10.2. The molecule has 0 saturated heterocycles. The van der Waals surface area contributed by atoms with E-state index in [1.165, 1.54) is 25.3 Å². The lowest BCUT2D eigenvalue weighted by Gasteiger charge is -2.11. The second kappa shape index (κ2) is 8.93. The number of carbonyl (C=O) groups excluding carboxylic acids is 1. The molecule has 0 heterocycles. The van der Waals surface area contributed by atoms with Crippen molar-refractivity contribution in [3.8, 4) is 5.75 Å². The van der Waals surface area contributed by atoms with E-state index in [9.17, 15) is 9.59 Å². The maximum Gasteiger partial charge on any atom is 0.335 e. The van der Waals surface area contributed by atoms with Gasteiger partial charge in [-0.25, -0.2) is 4.79 Å².